The first-order valence-corrected chi connectivity index (χ1v) is 6.18. The molecule has 0 radical (unpaired) electrons. The first kappa shape index (κ1) is 12.1. The number of fused-ring (bicyclic) bond motifs is 1. The highest BCUT2D eigenvalue weighted by atomic mass is 16.5. The van der Waals surface area contributed by atoms with Crippen LogP contribution in [0.15, 0.2) is 48.5 Å². The molecule has 20 heavy (non-hydrogen) atoms. The molecule has 3 aromatic rings. The molecule has 0 bridgehead atoms. The van der Waals surface area contributed by atoms with Gasteiger partial charge in [-0.25, -0.2) is 0 Å². The van der Waals surface area contributed by atoms with Crippen LogP contribution >= 0.6 is 0 Å². The zero-order valence-corrected chi connectivity index (χ0v) is 10.9. The number of benzene rings is 2. The Morgan fingerprint density at radius 2 is 1.65 bits per heavy atom. The molecule has 96 valence electrons. The summed E-state index contributed by atoms with van der Waals surface area (Å²) in [6, 6.07) is 16.9. The van der Waals surface area contributed by atoms with Gasteiger partial charge in [0.2, 0.25) is 5.88 Å². The van der Waals surface area contributed by atoms with Gasteiger partial charge in [-0.3, -0.25) is 0 Å². The zero-order valence-electron chi connectivity index (χ0n) is 10.9. The van der Waals surface area contributed by atoms with E-state index in [9.17, 15) is 0 Å². The van der Waals surface area contributed by atoms with Gasteiger partial charge in [0.25, 0.3) is 0 Å². The van der Waals surface area contributed by atoms with Crippen molar-refractivity contribution in [3.8, 4) is 17.7 Å². The fourth-order valence-corrected chi connectivity index (χ4v) is 2.04. The third-order valence-electron chi connectivity index (χ3n) is 3.05. The van der Waals surface area contributed by atoms with Crippen molar-refractivity contribution in [3.05, 3.63) is 59.8 Å². The van der Waals surface area contributed by atoms with Crippen LogP contribution in [0.25, 0.3) is 10.8 Å². The number of aromatic nitrogens is 2. The molecule has 2 aromatic carbocycles. The Morgan fingerprint density at radius 1 is 0.950 bits per heavy atom. The summed E-state index contributed by atoms with van der Waals surface area (Å²) in [4.78, 5) is 0. The Morgan fingerprint density at radius 3 is 2.45 bits per heavy atom. The van der Waals surface area contributed by atoms with Crippen LogP contribution in [0.5, 0.6) is 11.6 Å². The minimum atomic E-state index is 0.411. The van der Waals surface area contributed by atoms with E-state index in [1.807, 2.05) is 37.3 Å². The number of hydrogen-bond donors (Lipinski definition) is 0. The number of hydrogen-bond acceptors (Lipinski definition) is 4. The van der Waals surface area contributed by atoms with Gasteiger partial charge >= 0.3 is 0 Å². The van der Waals surface area contributed by atoms with E-state index in [1.165, 1.54) is 0 Å². The van der Waals surface area contributed by atoms with Gasteiger partial charge in [0.15, 0.2) is 0 Å². The molecule has 0 N–H and O–H groups in total. The summed E-state index contributed by atoms with van der Waals surface area (Å²) in [5.74, 6) is 0.896. The van der Waals surface area contributed by atoms with E-state index in [0.717, 1.165) is 16.5 Å². The molecule has 0 unspecified atom stereocenters. The lowest BCUT2D eigenvalue weighted by molar-refractivity contribution is 0.460. The van der Waals surface area contributed by atoms with Crippen molar-refractivity contribution in [2.75, 3.05) is 0 Å². The summed E-state index contributed by atoms with van der Waals surface area (Å²) in [7, 11) is 0. The van der Waals surface area contributed by atoms with Gasteiger partial charge in [-0.05, 0) is 25.1 Å². The van der Waals surface area contributed by atoms with Crippen molar-refractivity contribution < 1.29 is 4.74 Å². The first-order chi connectivity index (χ1) is 9.79. The average molecular weight is 261 g/mol. The lowest BCUT2D eigenvalue weighted by atomic mass is 10.1. The Balaban J connectivity index is 2.12. The highest BCUT2D eigenvalue weighted by Gasteiger charge is 2.10. The van der Waals surface area contributed by atoms with Crippen LogP contribution in [0.3, 0.4) is 0 Å². The lowest BCUT2D eigenvalue weighted by Crippen LogP contribution is -1.96. The SMILES string of the molecule is Cc1nnc(Oc2ccccc2C#N)c2ccccc12. The second-order valence-electron chi connectivity index (χ2n) is 4.35. The maximum absolute atomic E-state index is 9.09. The number of ether oxygens (including phenoxy) is 1. The number of rotatable bonds is 2. The Kier molecular flexibility index (Phi) is 3.02. The third-order valence-corrected chi connectivity index (χ3v) is 3.05. The van der Waals surface area contributed by atoms with Crippen LogP contribution < -0.4 is 4.74 Å². The quantitative estimate of drug-likeness (QED) is 0.707. The molecule has 0 saturated heterocycles. The topological polar surface area (TPSA) is 58.8 Å². The van der Waals surface area contributed by atoms with Crippen LogP contribution in [-0.4, -0.2) is 10.2 Å². The Labute approximate surface area is 116 Å². The molecule has 3 rings (SSSR count). The van der Waals surface area contributed by atoms with Crippen LogP contribution in [0.4, 0.5) is 0 Å². The van der Waals surface area contributed by atoms with Gasteiger partial charge in [0.1, 0.15) is 11.8 Å². The second kappa shape index (κ2) is 4.98. The summed E-state index contributed by atoms with van der Waals surface area (Å²) in [6.07, 6.45) is 0. The van der Waals surface area contributed by atoms with Gasteiger partial charge in [-0.2, -0.15) is 10.4 Å². The van der Waals surface area contributed by atoms with Gasteiger partial charge < -0.3 is 4.74 Å². The molecular formula is C16H11N3O. The minimum absolute atomic E-state index is 0.411. The van der Waals surface area contributed by atoms with Crippen molar-refractivity contribution in [2.24, 2.45) is 0 Å². The maximum Gasteiger partial charge on any atom is 0.246 e. The van der Waals surface area contributed by atoms with Crippen molar-refractivity contribution in [2.45, 2.75) is 6.92 Å². The van der Waals surface area contributed by atoms with E-state index in [2.05, 4.69) is 16.3 Å². The third kappa shape index (κ3) is 2.06. The normalized spacial score (nSPS) is 10.2. The summed E-state index contributed by atoms with van der Waals surface area (Å²) in [5, 5.41) is 19.2. The van der Waals surface area contributed by atoms with E-state index in [1.54, 1.807) is 18.2 Å². The molecule has 1 aromatic heterocycles. The number of para-hydroxylation sites is 1. The zero-order chi connectivity index (χ0) is 13.9. The van der Waals surface area contributed by atoms with E-state index >= 15 is 0 Å². The molecule has 0 atom stereocenters. The molecule has 0 saturated carbocycles. The fraction of sp³-hybridized carbons (Fsp3) is 0.0625. The maximum atomic E-state index is 9.09. The van der Waals surface area contributed by atoms with Gasteiger partial charge in [-0.15, -0.1) is 5.10 Å². The number of aryl methyl sites for hydroxylation is 1. The summed E-state index contributed by atoms with van der Waals surface area (Å²) >= 11 is 0. The standard InChI is InChI=1S/C16H11N3O/c1-11-13-7-3-4-8-14(13)16(19-18-11)20-15-9-5-2-6-12(15)10-17/h2-9H,1H3. The molecule has 0 amide bonds. The van der Waals surface area contributed by atoms with Crippen LogP contribution in [0, 0.1) is 18.3 Å². The molecular weight excluding hydrogens is 250 g/mol. The van der Waals surface area contributed by atoms with E-state index in [0.29, 0.717) is 17.2 Å². The van der Waals surface area contributed by atoms with Crippen LogP contribution in [-0.2, 0) is 0 Å². The molecule has 1 heterocycles. The van der Waals surface area contributed by atoms with E-state index < -0.39 is 0 Å². The smallest absolute Gasteiger partial charge is 0.246 e. The van der Waals surface area contributed by atoms with Gasteiger partial charge in [0, 0.05) is 10.8 Å². The van der Waals surface area contributed by atoms with Crippen molar-refractivity contribution in [1.82, 2.24) is 10.2 Å². The molecule has 0 aliphatic carbocycles. The predicted octanol–water partition coefficient (Wildman–Crippen LogP) is 3.60. The van der Waals surface area contributed by atoms with Crippen molar-refractivity contribution >= 4 is 10.8 Å². The molecule has 0 spiro atoms. The van der Waals surface area contributed by atoms with Crippen molar-refractivity contribution in [3.63, 3.8) is 0 Å². The summed E-state index contributed by atoms with van der Waals surface area (Å²) in [6.45, 7) is 1.91. The van der Waals surface area contributed by atoms with Gasteiger partial charge in [-0.1, -0.05) is 30.3 Å². The monoisotopic (exact) mass is 261 g/mol. The number of nitrogens with zero attached hydrogens (tertiary/aromatic N) is 3. The highest BCUT2D eigenvalue weighted by molar-refractivity contribution is 5.88. The van der Waals surface area contributed by atoms with Crippen LogP contribution in [0.2, 0.25) is 0 Å². The average Bonchev–Trinajstić information content (AvgIpc) is 2.51. The summed E-state index contributed by atoms with van der Waals surface area (Å²) < 4.78 is 5.77. The molecule has 0 aliphatic heterocycles. The fourth-order valence-electron chi connectivity index (χ4n) is 2.04. The second-order valence-corrected chi connectivity index (χ2v) is 4.35. The molecule has 4 nitrogen and oxygen atoms in total. The highest BCUT2D eigenvalue weighted by Crippen LogP contribution is 2.29. The largest absolute Gasteiger partial charge is 0.436 e. The first-order valence-electron chi connectivity index (χ1n) is 6.18. The molecule has 4 heteroatoms. The molecule has 0 fully saturated rings. The van der Waals surface area contributed by atoms with Crippen LogP contribution in [0.1, 0.15) is 11.3 Å². The Hall–Kier alpha value is -2.93. The summed E-state index contributed by atoms with van der Waals surface area (Å²) in [5.41, 5.74) is 1.32. The van der Waals surface area contributed by atoms with E-state index in [-0.39, 0.29) is 0 Å². The Bertz CT molecular complexity index is 821. The minimum Gasteiger partial charge on any atom is -0.436 e. The van der Waals surface area contributed by atoms with Crippen molar-refractivity contribution in [1.29, 1.82) is 5.26 Å². The van der Waals surface area contributed by atoms with Gasteiger partial charge in [0.05, 0.1) is 11.3 Å². The molecule has 0 aliphatic rings. The van der Waals surface area contributed by atoms with E-state index in [4.69, 9.17) is 10.00 Å². The lowest BCUT2D eigenvalue weighted by Gasteiger charge is -2.09. The predicted molar refractivity (Wildman–Crippen MR) is 75.5 cm³/mol. The number of nitriles is 1.